The Balaban J connectivity index is 1.59. The highest BCUT2D eigenvalue weighted by molar-refractivity contribution is 8.03. The van der Waals surface area contributed by atoms with Crippen molar-refractivity contribution in [1.82, 2.24) is 4.90 Å². The molecule has 2 aliphatic rings. The Morgan fingerprint density at radius 1 is 1.06 bits per heavy atom. The van der Waals surface area contributed by atoms with Gasteiger partial charge in [-0.2, -0.15) is 0 Å². The first-order chi connectivity index (χ1) is 14.8. The molecule has 0 saturated carbocycles. The van der Waals surface area contributed by atoms with Crippen LogP contribution in [0.2, 0.25) is 0 Å². The van der Waals surface area contributed by atoms with Gasteiger partial charge in [0.05, 0.1) is 11.7 Å². The molecule has 0 bridgehead atoms. The fourth-order valence-electron chi connectivity index (χ4n) is 3.55. The average molecular weight is 443 g/mol. The summed E-state index contributed by atoms with van der Waals surface area (Å²) in [5, 5.41) is 3.70. The van der Waals surface area contributed by atoms with Gasteiger partial charge in [-0.1, -0.05) is 12.1 Å². The lowest BCUT2D eigenvalue weighted by Gasteiger charge is -2.40. The number of aryl methyl sites for hydroxylation is 2. The fraction of sp³-hybridized carbons (Fsp3) is 0.227. The first kappa shape index (κ1) is 21.0. The van der Waals surface area contributed by atoms with E-state index in [-0.39, 0.29) is 17.9 Å². The molecule has 1 fully saturated rings. The van der Waals surface area contributed by atoms with Crippen LogP contribution < -0.4 is 10.2 Å². The third kappa shape index (κ3) is 3.93. The van der Waals surface area contributed by atoms with Gasteiger partial charge < -0.3 is 10.2 Å². The van der Waals surface area contributed by atoms with Crippen molar-refractivity contribution in [3.63, 3.8) is 0 Å². The lowest BCUT2D eigenvalue weighted by atomic mass is 10.1. The van der Waals surface area contributed by atoms with Crippen LogP contribution in [-0.4, -0.2) is 40.6 Å². The van der Waals surface area contributed by atoms with E-state index in [0.29, 0.717) is 11.1 Å². The molecule has 4 rings (SSSR count). The Labute approximate surface area is 181 Å². The van der Waals surface area contributed by atoms with Crippen molar-refractivity contribution < 1.29 is 23.2 Å². The smallest absolute Gasteiger partial charge is 0.324 e. The SMILES string of the molecule is Cc1cc(N2C(=O)C3SC=CC3N(CC(=O)Nc3ccc(C)c(F)c3)C2=O)ccc1F. The molecule has 2 aliphatic heterocycles. The van der Waals surface area contributed by atoms with Crippen LogP contribution in [0.3, 0.4) is 0 Å². The maximum absolute atomic E-state index is 13.8. The Kier molecular flexibility index (Phi) is 5.53. The van der Waals surface area contributed by atoms with Gasteiger partial charge in [0.25, 0.3) is 5.91 Å². The number of anilines is 2. The highest BCUT2D eigenvalue weighted by atomic mass is 32.2. The molecule has 2 aromatic carbocycles. The zero-order chi connectivity index (χ0) is 22.3. The molecule has 2 heterocycles. The predicted octanol–water partition coefficient (Wildman–Crippen LogP) is 3.99. The molecule has 0 radical (unpaired) electrons. The third-order valence-electron chi connectivity index (χ3n) is 5.24. The largest absolute Gasteiger partial charge is 0.332 e. The monoisotopic (exact) mass is 443 g/mol. The average Bonchev–Trinajstić information content (AvgIpc) is 3.21. The number of nitrogens with one attached hydrogen (secondary N) is 1. The number of amides is 4. The minimum absolute atomic E-state index is 0.242. The van der Waals surface area contributed by atoms with E-state index in [1.165, 1.54) is 40.9 Å². The van der Waals surface area contributed by atoms with Gasteiger partial charge in [0.1, 0.15) is 23.4 Å². The normalized spacial score (nSPS) is 20.3. The summed E-state index contributed by atoms with van der Waals surface area (Å²) < 4.78 is 27.5. The van der Waals surface area contributed by atoms with E-state index in [2.05, 4.69) is 5.32 Å². The zero-order valence-electron chi connectivity index (χ0n) is 16.8. The van der Waals surface area contributed by atoms with Gasteiger partial charge in [-0.25, -0.2) is 18.5 Å². The lowest BCUT2D eigenvalue weighted by Crippen LogP contribution is -2.63. The van der Waals surface area contributed by atoms with Gasteiger partial charge in [-0.3, -0.25) is 9.59 Å². The lowest BCUT2D eigenvalue weighted by molar-refractivity contribution is -0.121. The molecule has 1 saturated heterocycles. The van der Waals surface area contributed by atoms with Crippen LogP contribution in [0, 0.1) is 25.5 Å². The summed E-state index contributed by atoms with van der Waals surface area (Å²) in [7, 11) is 0. The van der Waals surface area contributed by atoms with Crippen LogP contribution in [0.15, 0.2) is 47.9 Å². The van der Waals surface area contributed by atoms with Crippen molar-refractivity contribution >= 4 is 41.0 Å². The van der Waals surface area contributed by atoms with Gasteiger partial charge in [-0.05, 0) is 60.7 Å². The maximum atomic E-state index is 13.8. The van der Waals surface area contributed by atoms with E-state index in [9.17, 15) is 23.2 Å². The van der Waals surface area contributed by atoms with Crippen LogP contribution >= 0.6 is 11.8 Å². The summed E-state index contributed by atoms with van der Waals surface area (Å²) in [5.41, 5.74) is 1.26. The van der Waals surface area contributed by atoms with Crippen LogP contribution in [0.5, 0.6) is 0 Å². The molecule has 0 aliphatic carbocycles. The topological polar surface area (TPSA) is 69.7 Å². The van der Waals surface area contributed by atoms with Crippen LogP contribution in [0.25, 0.3) is 0 Å². The Hall–Kier alpha value is -3.20. The second kappa shape index (κ2) is 8.14. The van der Waals surface area contributed by atoms with E-state index in [4.69, 9.17) is 0 Å². The molecule has 2 aromatic rings. The van der Waals surface area contributed by atoms with Gasteiger partial charge in [0.2, 0.25) is 5.91 Å². The molecule has 0 aromatic heterocycles. The molecule has 0 spiro atoms. The highest BCUT2D eigenvalue weighted by Crippen LogP contribution is 2.36. The van der Waals surface area contributed by atoms with E-state index in [1.807, 2.05) is 0 Å². The number of carbonyl (C=O) groups excluding carboxylic acids is 3. The standard InChI is InChI=1S/C22H19F2N3O3S/c1-12-3-4-14(10-17(12)24)25-19(28)11-26-18-7-8-31-20(18)21(29)27(22(26)30)15-5-6-16(23)13(2)9-15/h3-10,18,20H,11H2,1-2H3,(H,25,28). The molecule has 160 valence electrons. The Morgan fingerprint density at radius 3 is 2.55 bits per heavy atom. The molecule has 2 unspecified atom stereocenters. The van der Waals surface area contributed by atoms with Crippen molar-refractivity contribution in [2.75, 3.05) is 16.8 Å². The van der Waals surface area contributed by atoms with Gasteiger partial charge in [-0.15, -0.1) is 11.8 Å². The first-order valence-electron chi connectivity index (χ1n) is 9.55. The van der Waals surface area contributed by atoms with E-state index >= 15 is 0 Å². The highest BCUT2D eigenvalue weighted by Gasteiger charge is 2.48. The van der Waals surface area contributed by atoms with Crippen molar-refractivity contribution in [1.29, 1.82) is 0 Å². The number of hydrogen-bond acceptors (Lipinski definition) is 4. The summed E-state index contributed by atoms with van der Waals surface area (Å²) in [6.07, 6.45) is 1.71. The molecule has 31 heavy (non-hydrogen) atoms. The number of urea groups is 1. The first-order valence-corrected chi connectivity index (χ1v) is 10.5. The molecular formula is C22H19F2N3O3S. The zero-order valence-corrected chi connectivity index (χ0v) is 17.6. The number of hydrogen-bond donors (Lipinski definition) is 1. The number of thioether (sulfide) groups is 1. The second-order valence-electron chi connectivity index (χ2n) is 7.41. The predicted molar refractivity (Wildman–Crippen MR) is 115 cm³/mol. The second-order valence-corrected chi connectivity index (χ2v) is 8.46. The van der Waals surface area contributed by atoms with Crippen LogP contribution in [0.4, 0.5) is 25.0 Å². The van der Waals surface area contributed by atoms with E-state index in [0.717, 1.165) is 4.90 Å². The molecule has 4 amide bonds. The minimum Gasteiger partial charge on any atom is -0.324 e. The number of imide groups is 1. The van der Waals surface area contributed by atoms with Crippen LogP contribution in [0.1, 0.15) is 11.1 Å². The summed E-state index contributed by atoms with van der Waals surface area (Å²) in [6, 6.07) is 7.04. The molecule has 6 nitrogen and oxygen atoms in total. The van der Waals surface area contributed by atoms with Gasteiger partial charge >= 0.3 is 6.03 Å². The van der Waals surface area contributed by atoms with Crippen LogP contribution in [-0.2, 0) is 9.59 Å². The van der Waals surface area contributed by atoms with Crippen molar-refractivity contribution in [3.05, 3.63) is 70.6 Å². The number of benzene rings is 2. The summed E-state index contributed by atoms with van der Waals surface area (Å²) in [6.45, 7) is 2.82. The Morgan fingerprint density at radius 2 is 1.84 bits per heavy atom. The van der Waals surface area contributed by atoms with Crippen molar-refractivity contribution in [2.24, 2.45) is 0 Å². The molecule has 2 atom stereocenters. The maximum Gasteiger partial charge on any atom is 0.332 e. The molecular weight excluding hydrogens is 424 g/mol. The fourth-order valence-corrected chi connectivity index (χ4v) is 4.59. The Bertz CT molecular complexity index is 1120. The summed E-state index contributed by atoms with van der Waals surface area (Å²) >= 11 is 1.26. The van der Waals surface area contributed by atoms with Crippen molar-refractivity contribution in [2.45, 2.75) is 25.1 Å². The number of rotatable bonds is 4. The van der Waals surface area contributed by atoms with Gasteiger partial charge in [0.15, 0.2) is 0 Å². The third-order valence-corrected chi connectivity index (χ3v) is 6.33. The molecule has 9 heteroatoms. The number of halogens is 2. The number of nitrogens with zero attached hydrogens (tertiary/aromatic N) is 2. The van der Waals surface area contributed by atoms with Crippen molar-refractivity contribution in [3.8, 4) is 0 Å². The molecule has 1 N–H and O–H groups in total. The summed E-state index contributed by atoms with van der Waals surface area (Å²) in [5.74, 6) is -1.85. The minimum atomic E-state index is -0.672. The number of fused-ring (bicyclic) bond motifs is 1. The summed E-state index contributed by atoms with van der Waals surface area (Å²) in [4.78, 5) is 41.1. The van der Waals surface area contributed by atoms with E-state index in [1.54, 1.807) is 37.5 Å². The number of carbonyl (C=O) groups is 3. The van der Waals surface area contributed by atoms with E-state index < -0.39 is 40.8 Å². The van der Waals surface area contributed by atoms with Gasteiger partial charge in [0, 0.05) is 5.69 Å². The quantitative estimate of drug-likeness (QED) is 0.776.